The van der Waals surface area contributed by atoms with Gasteiger partial charge in [-0.05, 0) is 32.8 Å². The zero-order chi connectivity index (χ0) is 13.2. The van der Waals surface area contributed by atoms with Crippen LogP contribution in [0.2, 0.25) is 0 Å². The Morgan fingerprint density at radius 2 is 2.06 bits per heavy atom. The number of hydrogen-bond donors (Lipinski definition) is 1. The van der Waals surface area contributed by atoms with Crippen LogP contribution >= 0.6 is 8.81 Å². The van der Waals surface area contributed by atoms with Gasteiger partial charge < -0.3 is 0 Å². The van der Waals surface area contributed by atoms with Gasteiger partial charge in [0.05, 0.1) is 8.81 Å². The van der Waals surface area contributed by atoms with Gasteiger partial charge in [-0.3, -0.25) is 4.62 Å². The Labute approximate surface area is 112 Å². The molecule has 98 valence electrons. The molecule has 2 nitrogen and oxygen atoms in total. The van der Waals surface area contributed by atoms with E-state index in [4.69, 9.17) is 4.62 Å². The van der Waals surface area contributed by atoms with Crippen molar-refractivity contribution in [3.8, 4) is 0 Å². The van der Waals surface area contributed by atoms with E-state index >= 15 is 0 Å². The van der Waals surface area contributed by atoms with E-state index in [0.717, 1.165) is 6.42 Å². The summed E-state index contributed by atoms with van der Waals surface area (Å²) in [5.41, 5.74) is 4.30. The molecule has 3 heteroatoms. The van der Waals surface area contributed by atoms with Crippen molar-refractivity contribution in [1.29, 1.82) is 0 Å². The van der Waals surface area contributed by atoms with E-state index < -0.39 is 0 Å². The highest BCUT2D eigenvalue weighted by atomic mass is 31.1. The Hall–Kier alpha value is -0.950. The summed E-state index contributed by atoms with van der Waals surface area (Å²) in [7, 11) is 0.345. The largest absolute Gasteiger partial charge is 0.278 e. The van der Waals surface area contributed by atoms with E-state index in [2.05, 4.69) is 55.7 Å². The molecule has 0 saturated carbocycles. The Morgan fingerprint density at radius 1 is 1.28 bits per heavy atom. The molecule has 1 atom stereocenters. The predicted molar refractivity (Wildman–Crippen MR) is 81.4 cm³/mol. The molecular weight excluding hydrogens is 241 g/mol. The molecule has 0 saturated heterocycles. The standard InChI is InChI=1S/C15H22NOP/c1-4-5-6-7-10-14-11-8-9-12-15(14)18-17-16-13(2)3/h4-9,11-13,16,18H,10H2,1-3H3/b5-4-,7-6-. The van der Waals surface area contributed by atoms with Crippen LogP contribution in [0.25, 0.3) is 0 Å². The van der Waals surface area contributed by atoms with Gasteiger partial charge in [0.2, 0.25) is 0 Å². The van der Waals surface area contributed by atoms with Gasteiger partial charge in [-0.2, -0.15) is 5.48 Å². The van der Waals surface area contributed by atoms with Crippen LogP contribution < -0.4 is 10.8 Å². The smallest absolute Gasteiger partial charge is 0.0718 e. The van der Waals surface area contributed by atoms with Crippen molar-refractivity contribution < 1.29 is 4.62 Å². The molecule has 0 aliphatic heterocycles. The maximum absolute atomic E-state index is 5.49. The minimum atomic E-state index is 0.345. The SMILES string of the molecule is C/C=C\C=C/Cc1ccccc1PONC(C)C. The van der Waals surface area contributed by atoms with Crippen molar-refractivity contribution in [2.24, 2.45) is 0 Å². The van der Waals surface area contributed by atoms with Gasteiger partial charge in [0.25, 0.3) is 0 Å². The summed E-state index contributed by atoms with van der Waals surface area (Å²) in [6, 6.07) is 8.75. The first kappa shape index (κ1) is 15.1. The summed E-state index contributed by atoms with van der Waals surface area (Å²) < 4.78 is 5.49. The lowest BCUT2D eigenvalue weighted by Crippen LogP contribution is -2.20. The van der Waals surface area contributed by atoms with Crippen molar-refractivity contribution in [2.75, 3.05) is 0 Å². The lowest BCUT2D eigenvalue weighted by molar-refractivity contribution is 0.201. The molecule has 0 fully saturated rings. The molecule has 18 heavy (non-hydrogen) atoms. The number of hydroxylamine groups is 1. The van der Waals surface area contributed by atoms with E-state index in [1.807, 2.05) is 19.1 Å². The van der Waals surface area contributed by atoms with Gasteiger partial charge >= 0.3 is 0 Å². The van der Waals surface area contributed by atoms with Crippen molar-refractivity contribution in [1.82, 2.24) is 5.48 Å². The molecule has 0 bridgehead atoms. The van der Waals surface area contributed by atoms with E-state index in [1.54, 1.807) is 0 Å². The molecule has 0 radical (unpaired) electrons. The van der Waals surface area contributed by atoms with E-state index in [0.29, 0.717) is 14.8 Å². The average molecular weight is 263 g/mol. The molecule has 1 aromatic carbocycles. The third kappa shape index (κ3) is 6.11. The van der Waals surface area contributed by atoms with Crippen LogP contribution in [0.1, 0.15) is 26.3 Å². The average Bonchev–Trinajstić information content (AvgIpc) is 2.36. The first-order valence-corrected chi connectivity index (χ1v) is 7.18. The monoisotopic (exact) mass is 263 g/mol. The fourth-order valence-electron chi connectivity index (χ4n) is 1.38. The summed E-state index contributed by atoms with van der Waals surface area (Å²) in [4.78, 5) is 0. The maximum Gasteiger partial charge on any atom is 0.0718 e. The lowest BCUT2D eigenvalue weighted by atomic mass is 10.1. The second kappa shape index (κ2) is 9.04. The Kier molecular flexibility index (Phi) is 7.59. The number of nitrogens with one attached hydrogen (secondary N) is 1. The molecule has 1 rings (SSSR count). The van der Waals surface area contributed by atoms with Crippen molar-refractivity contribution in [2.45, 2.75) is 33.2 Å². The second-order valence-corrected chi connectivity index (χ2v) is 5.24. The van der Waals surface area contributed by atoms with Crippen molar-refractivity contribution in [3.63, 3.8) is 0 Å². The number of benzene rings is 1. The predicted octanol–water partition coefficient (Wildman–Crippen LogP) is 3.51. The summed E-state index contributed by atoms with van der Waals surface area (Å²) in [5.74, 6) is 0. The molecule has 1 N–H and O–H groups in total. The molecule has 0 aromatic heterocycles. The first-order valence-electron chi connectivity index (χ1n) is 6.27. The second-order valence-electron chi connectivity index (χ2n) is 4.29. The van der Waals surface area contributed by atoms with Crippen LogP contribution in [0.15, 0.2) is 48.6 Å². The molecule has 1 unspecified atom stereocenters. The van der Waals surface area contributed by atoms with Crippen LogP contribution in [0.5, 0.6) is 0 Å². The molecule has 1 aromatic rings. The van der Waals surface area contributed by atoms with Gasteiger partial charge in [-0.15, -0.1) is 0 Å². The van der Waals surface area contributed by atoms with Crippen LogP contribution in [-0.4, -0.2) is 6.04 Å². The summed E-state index contributed by atoms with van der Waals surface area (Å²) >= 11 is 0. The van der Waals surface area contributed by atoms with Crippen LogP contribution in [-0.2, 0) is 11.0 Å². The Morgan fingerprint density at radius 3 is 2.78 bits per heavy atom. The molecule has 0 aliphatic carbocycles. The van der Waals surface area contributed by atoms with Gasteiger partial charge in [-0.1, -0.05) is 48.6 Å². The van der Waals surface area contributed by atoms with Gasteiger partial charge in [-0.25, -0.2) is 0 Å². The van der Waals surface area contributed by atoms with E-state index in [1.165, 1.54) is 10.9 Å². The maximum atomic E-state index is 5.49. The summed E-state index contributed by atoms with van der Waals surface area (Å²) in [6.07, 6.45) is 9.26. The molecule has 0 aliphatic rings. The normalized spacial score (nSPS) is 12.7. The minimum Gasteiger partial charge on any atom is -0.278 e. The van der Waals surface area contributed by atoms with Gasteiger partial charge in [0.15, 0.2) is 0 Å². The lowest BCUT2D eigenvalue weighted by Gasteiger charge is -2.10. The Balaban J connectivity index is 2.56. The topological polar surface area (TPSA) is 21.3 Å². The number of allylic oxidation sites excluding steroid dienone is 4. The Bertz CT molecular complexity index is 399. The highest BCUT2D eigenvalue weighted by Crippen LogP contribution is 2.14. The number of rotatable bonds is 7. The fourth-order valence-corrected chi connectivity index (χ4v) is 2.27. The molecular formula is C15H22NOP. The van der Waals surface area contributed by atoms with Crippen molar-refractivity contribution in [3.05, 3.63) is 54.1 Å². The summed E-state index contributed by atoms with van der Waals surface area (Å²) in [5, 5.41) is 1.26. The molecule has 0 heterocycles. The minimum absolute atomic E-state index is 0.345. The third-order valence-electron chi connectivity index (χ3n) is 2.25. The van der Waals surface area contributed by atoms with Gasteiger partial charge in [0, 0.05) is 11.3 Å². The zero-order valence-corrected chi connectivity index (χ0v) is 12.3. The third-order valence-corrected chi connectivity index (χ3v) is 3.18. The van der Waals surface area contributed by atoms with Crippen molar-refractivity contribution >= 4 is 14.1 Å². The highest BCUT2D eigenvalue weighted by Gasteiger charge is 2.01. The van der Waals surface area contributed by atoms with Crippen LogP contribution in [0, 0.1) is 0 Å². The summed E-state index contributed by atoms with van der Waals surface area (Å²) in [6.45, 7) is 6.15. The first-order chi connectivity index (χ1) is 8.74. The molecule has 0 spiro atoms. The number of hydrogen-bond acceptors (Lipinski definition) is 2. The quantitative estimate of drug-likeness (QED) is 0.462. The highest BCUT2D eigenvalue weighted by molar-refractivity contribution is 7.42. The van der Waals surface area contributed by atoms with Gasteiger partial charge in [0.1, 0.15) is 0 Å². The van der Waals surface area contributed by atoms with Crippen LogP contribution in [0.4, 0.5) is 0 Å². The van der Waals surface area contributed by atoms with E-state index in [-0.39, 0.29) is 0 Å². The molecule has 0 amide bonds. The zero-order valence-electron chi connectivity index (χ0n) is 11.3. The van der Waals surface area contributed by atoms with E-state index in [9.17, 15) is 0 Å². The van der Waals surface area contributed by atoms with Crippen LogP contribution in [0.3, 0.4) is 0 Å². The fraction of sp³-hybridized carbons (Fsp3) is 0.333.